The molecule has 4 heteroatoms. The van der Waals surface area contributed by atoms with Crippen LogP contribution in [0.15, 0.2) is 0 Å². The maximum Gasteiger partial charge on any atom is 0.189 e. The number of halogens is 1. The van der Waals surface area contributed by atoms with Gasteiger partial charge in [0, 0.05) is 0 Å². The summed E-state index contributed by atoms with van der Waals surface area (Å²) in [6.45, 7) is 3.17. The van der Waals surface area contributed by atoms with Gasteiger partial charge in [0.05, 0.1) is 10.9 Å². The van der Waals surface area contributed by atoms with Gasteiger partial charge in [0.2, 0.25) is 0 Å². The average molecular weight is 236 g/mol. The third-order valence-corrected chi connectivity index (χ3v) is 4.05. The summed E-state index contributed by atoms with van der Waals surface area (Å²) in [6.07, 6.45) is 1.18. The van der Waals surface area contributed by atoms with Crippen LogP contribution in [0.5, 0.6) is 0 Å². The summed E-state index contributed by atoms with van der Waals surface area (Å²) in [5.74, 6) is 0. The van der Waals surface area contributed by atoms with Crippen molar-refractivity contribution in [2.24, 2.45) is 0 Å². The highest BCUT2D eigenvalue weighted by molar-refractivity contribution is 9.10. The van der Waals surface area contributed by atoms with Crippen molar-refractivity contribution < 1.29 is 10.2 Å². The smallest absolute Gasteiger partial charge is 0.189 e. The number of hydrogen-bond donors (Lipinski definition) is 2. The third kappa shape index (κ3) is 1.79. The molecule has 0 radical (unpaired) electrons. The van der Waals surface area contributed by atoms with Crippen molar-refractivity contribution in [2.45, 2.75) is 36.6 Å². The van der Waals surface area contributed by atoms with Gasteiger partial charge < -0.3 is 10.2 Å². The number of nitrogens with zero attached hydrogens (tertiary/aromatic N) is 1. The predicted molar refractivity (Wildman–Crippen MR) is 49.9 cm³/mol. The van der Waals surface area contributed by atoms with E-state index in [4.69, 9.17) is 10.4 Å². The molecule has 0 aliphatic rings. The van der Waals surface area contributed by atoms with Crippen molar-refractivity contribution in [3.8, 4) is 6.07 Å². The molecule has 70 valence electrons. The fourth-order valence-electron chi connectivity index (χ4n) is 1.11. The Morgan fingerprint density at radius 1 is 1.42 bits per heavy atom. The molecule has 12 heavy (non-hydrogen) atoms. The second-order valence-electron chi connectivity index (χ2n) is 2.80. The van der Waals surface area contributed by atoms with E-state index in [1.54, 1.807) is 6.07 Å². The van der Waals surface area contributed by atoms with E-state index in [9.17, 15) is 5.11 Å². The highest BCUT2D eigenvalue weighted by Crippen LogP contribution is 2.37. The molecule has 2 N–H and O–H groups in total. The molecule has 0 aliphatic heterocycles. The van der Waals surface area contributed by atoms with E-state index >= 15 is 0 Å². The number of rotatable bonds is 4. The van der Waals surface area contributed by atoms with Crippen LogP contribution in [0.4, 0.5) is 0 Å². The van der Waals surface area contributed by atoms with E-state index in [2.05, 4.69) is 15.9 Å². The van der Waals surface area contributed by atoms with Gasteiger partial charge in [-0.15, -0.1) is 0 Å². The number of aliphatic hydroxyl groups excluding tert-OH is 1. The molecule has 0 aromatic rings. The molecule has 0 rings (SSSR count). The molecule has 0 saturated carbocycles. The van der Waals surface area contributed by atoms with Gasteiger partial charge >= 0.3 is 0 Å². The van der Waals surface area contributed by atoms with Crippen LogP contribution in [0.2, 0.25) is 0 Å². The Kier molecular flexibility index (Phi) is 4.18. The van der Waals surface area contributed by atoms with Gasteiger partial charge in [-0.25, -0.2) is 0 Å². The number of aliphatic hydroxyl groups is 2. The van der Waals surface area contributed by atoms with Crippen molar-refractivity contribution in [3.05, 3.63) is 0 Å². The van der Waals surface area contributed by atoms with E-state index < -0.39 is 16.5 Å². The summed E-state index contributed by atoms with van der Waals surface area (Å²) in [4.78, 5) is 0. The van der Waals surface area contributed by atoms with Gasteiger partial charge in [-0.3, -0.25) is 0 Å². The molecule has 0 aromatic heterocycles. The van der Waals surface area contributed by atoms with Crippen molar-refractivity contribution in [1.29, 1.82) is 5.26 Å². The second-order valence-corrected chi connectivity index (χ2v) is 4.32. The van der Waals surface area contributed by atoms with E-state index in [-0.39, 0.29) is 0 Å². The van der Waals surface area contributed by atoms with Crippen molar-refractivity contribution >= 4 is 15.9 Å². The zero-order valence-corrected chi connectivity index (χ0v) is 8.93. The SMILES string of the molecule is CCC(Br)(CC)C(O)(C#N)CO. The molecule has 0 heterocycles. The van der Waals surface area contributed by atoms with E-state index in [1.807, 2.05) is 13.8 Å². The Bertz CT molecular complexity index is 186. The molecular weight excluding hydrogens is 222 g/mol. The summed E-state index contributed by atoms with van der Waals surface area (Å²) in [7, 11) is 0. The molecule has 0 spiro atoms. The Hall–Kier alpha value is -0.110. The molecule has 3 nitrogen and oxygen atoms in total. The monoisotopic (exact) mass is 235 g/mol. The Balaban J connectivity index is 4.82. The van der Waals surface area contributed by atoms with Gasteiger partial charge in [-0.2, -0.15) is 5.26 Å². The van der Waals surface area contributed by atoms with Crippen molar-refractivity contribution in [2.75, 3.05) is 6.61 Å². The standard InChI is InChI=1S/C8H14BrNO2/c1-3-7(9,4-2)8(12,5-10)6-11/h11-12H,3-4,6H2,1-2H3. The van der Waals surface area contributed by atoms with Gasteiger partial charge in [-0.05, 0) is 12.8 Å². The van der Waals surface area contributed by atoms with Crippen molar-refractivity contribution in [1.82, 2.24) is 0 Å². The molecule has 1 unspecified atom stereocenters. The molecule has 0 aromatic carbocycles. The lowest BCUT2D eigenvalue weighted by molar-refractivity contribution is 0.000182. The predicted octanol–water partition coefficient (Wildman–Crippen LogP) is 1.19. The van der Waals surface area contributed by atoms with Crippen LogP contribution in [0.25, 0.3) is 0 Å². The molecule has 0 saturated heterocycles. The normalized spacial score (nSPS) is 16.7. The topological polar surface area (TPSA) is 64.2 Å². The zero-order chi connectivity index (χ0) is 9.83. The average Bonchev–Trinajstić information content (AvgIpc) is 2.15. The van der Waals surface area contributed by atoms with E-state index in [0.29, 0.717) is 12.8 Å². The highest BCUT2D eigenvalue weighted by atomic mass is 79.9. The summed E-state index contributed by atoms with van der Waals surface area (Å²) in [5, 5.41) is 27.3. The Morgan fingerprint density at radius 2 is 1.83 bits per heavy atom. The first-order valence-corrected chi connectivity index (χ1v) is 4.72. The van der Waals surface area contributed by atoms with Crippen LogP contribution < -0.4 is 0 Å². The third-order valence-electron chi connectivity index (χ3n) is 2.28. The van der Waals surface area contributed by atoms with E-state index in [0.717, 1.165) is 0 Å². The van der Waals surface area contributed by atoms with Gasteiger partial charge in [0.1, 0.15) is 6.07 Å². The molecule has 0 fully saturated rings. The summed E-state index contributed by atoms with van der Waals surface area (Å²) < 4.78 is -0.705. The highest BCUT2D eigenvalue weighted by Gasteiger charge is 2.46. The summed E-state index contributed by atoms with van der Waals surface area (Å²) in [6, 6.07) is 1.73. The van der Waals surface area contributed by atoms with Crippen LogP contribution >= 0.6 is 15.9 Å². The van der Waals surface area contributed by atoms with Crippen LogP contribution in [-0.4, -0.2) is 26.7 Å². The Labute approximate surface area is 81.1 Å². The zero-order valence-electron chi connectivity index (χ0n) is 7.34. The molecule has 1 atom stereocenters. The minimum absolute atomic E-state index is 0.545. The minimum atomic E-state index is -1.68. The number of alkyl halides is 1. The lowest BCUT2D eigenvalue weighted by atomic mass is 9.85. The van der Waals surface area contributed by atoms with Gasteiger partial charge in [0.25, 0.3) is 0 Å². The first-order valence-electron chi connectivity index (χ1n) is 3.93. The fourth-order valence-corrected chi connectivity index (χ4v) is 1.33. The molecule has 0 aliphatic carbocycles. The van der Waals surface area contributed by atoms with Crippen molar-refractivity contribution in [3.63, 3.8) is 0 Å². The number of hydrogen-bond acceptors (Lipinski definition) is 3. The summed E-state index contributed by atoms with van der Waals surface area (Å²) >= 11 is 3.29. The fraction of sp³-hybridized carbons (Fsp3) is 0.875. The van der Waals surface area contributed by atoms with Crippen LogP contribution in [0.1, 0.15) is 26.7 Å². The maximum atomic E-state index is 9.69. The van der Waals surface area contributed by atoms with E-state index in [1.165, 1.54) is 0 Å². The van der Waals surface area contributed by atoms with Gasteiger partial charge in [-0.1, -0.05) is 29.8 Å². The second kappa shape index (κ2) is 4.22. The minimum Gasteiger partial charge on any atom is -0.392 e. The molecular formula is C8H14BrNO2. The Morgan fingerprint density at radius 3 is 1.92 bits per heavy atom. The lowest BCUT2D eigenvalue weighted by Gasteiger charge is -2.35. The largest absolute Gasteiger partial charge is 0.392 e. The maximum absolute atomic E-state index is 9.69. The van der Waals surface area contributed by atoms with Crippen LogP contribution in [-0.2, 0) is 0 Å². The lowest BCUT2D eigenvalue weighted by Crippen LogP contribution is -2.51. The van der Waals surface area contributed by atoms with Crippen LogP contribution in [0.3, 0.4) is 0 Å². The van der Waals surface area contributed by atoms with Gasteiger partial charge in [0.15, 0.2) is 5.60 Å². The number of nitriles is 1. The quantitative estimate of drug-likeness (QED) is 0.569. The molecule has 0 bridgehead atoms. The summed E-state index contributed by atoms with van der Waals surface area (Å²) in [5.41, 5.74) is -1.68. The molecule has 0 amide bonds. The van der Waals surface area contributed by atoms with Crippen LogP contribution in [0, 0.1) is 11.3 Å². The first kappa shape index (κ1) is 11.9. The first-order chi connectivity index (χ1) is 5.49.